The average Bonchev–Trinajstić information content (AvgIpc) is 2.90. The van der Waals surface area contributed by atoms with Gasteiger partial charge in [0, 0.05) is 36.4 Å². The summed E-state index contributed by atoms with van der Waals surface area (Å²) in [4.78, 5) is 15.5. The van der Waals surface area contributed by atoms with Crippen LogP contribution in [0.4, 0.5) is 0 Å². The van der Waals surface area contributed by atoms with Gasteiger partial charge in [0.1, 0.15) is 6.04 Å². The van der Waals surface area contributed by atoms with Gasteiger partial charge in [-0.2, -0.15) is 0 Å². The van der Waals surface area contributed by atoms with E-state index in [-0.39, 0.29) is 18.0 Å². The van der Waals surface area contributed by atoms with Crippen molar-refractivity contribution < 1.29 is 9.49 Å². The molecule has 0 aliphatic carbocycles. The van der Waals surface area contributed by atoms with Crippen LogP contribution in [0.25, 0.3) is 0 Å². The molecule has 2 aliphatic heterocycles. The fourth-order valence-electron chi connectivity index (χ4n) is 4.09. The molecule has 2 atom stereocenters. The summed E-state index contributed by atoms with van der Waals surface area (Å²) in [5.74, 6) is 0.0486. The Morgan fingerprint density at radius 1 is 1.11 bits per heavy atom. The van der Waals surface area contributed by atoms with E-state index >= 15 is 0 Å². The van der Waals surface area contributed by atoms with E-state index in [1.54, 1.807) is 4.70 Å². The third kappa shape index (κ3) is 3.97. The number of carbonyl (C=O) groups is 1. The highest BCUT2D eigenvalue weighted by atomic mass is 35.5. The molecular formula is C22H25ClN3O+. The number of halogens is 1. The molecule has 0 N–H and O–H groups in total. The highest BCUT2D eigenvalue weighted by Crippen LogP contribution is 2.32. The number of nitrogens with zero attached hydrogens (tertiary/aromatic N) is 3. The first-order chi connectivity index (χ1) is 13.1. The van der Waals surface area contributed by atoms with Gasteiger partial charge in [0.2, 0.25) is 0 Å². The molecule has 4 nitrogen and oxygen atoms in total. The van der Waals surface area contributed by atoms with Gasteiger partial charge in [-0.1, -0.05) is 41.9 Å². The van der Waals surface area contributed by atoms with Crippen molar-refractivity contribution in [2.24, 2.45) is 5.11 Å². The Morgan fingerprint density at radius 3 is 2.70 bits per heavy atom. The molecule has 1 fully saturated rings. The minimum Gasteiger partial charge on any atom is -0.306 e. The molecule has 2 aromatic carbocycles. The third-order valence-corrected chi connectivity index (χ3v) is 5.88. The van der Waals surface area contributed by atoms with Crippen LogP contribution >= 0.6 is 11.6 Å². The standard InChI is InChI=1S/C22H25ClN3O/c1-25-13-4-5-18(12-14-25)26-22(27)20-7-3-2-6-19(20)21(24-26)15-16-8-10-17(23)11-9-16/h2-3,6-11,18,21H,4-5,12-15H2,1H3/q+1/t18-,21+/m1/s1. The third-order valence-electron chi connectivity index (χ3n) is 5.63. The molecular weight excluding hydrogens is 358 g/mol. The number of carbonyl (C=O) groups excluding carboxylic acids is 1. The second-order valence-electron chi connectivity index (χ2n) is 7.59. The van der Waals surface area contributed by atoms with Crippen LogP contribution in [0.2, 0.25) is 5.02 Å². The van der Waals surface area contributed by atoms with E-state index in [9.17, 15) is 4.79 Å². The van der Waals surface area contributed by atoms with E-state index in [1.807, 2.05) is 48.5 Å². The first-order valence-corrected chi connectivity index (χ1v) is 10.1. The summed E-state index contributed by atoms with van der Waals surface area (Å²) in [6.45, 7) is 2.09. The van der Waals surface area contributed by atoms with Crippen LogP contribution in [0.3, 0.4) is 0 Å². The first-order valence-electron chi connectivity index (χ1n) is 9.68. The molecule has 4 rings (SSSR count). The quantitative estimate of drug-likeness (QED) is 0.719. The normalized spacial score (nSPS) is 23.5. The maximum atomic E-state index is 13.2. The Bertz CT molecular complexity index is 862. The predicted octanol–water partition coefficient (Wildman–Crippen LogP) is 4.73. The van der Waals surface area contributed by atoms with E-state index in [1.165, 1.54) is 5.56 Å². The Balaban J connectivity index is 1.67. The van der Waals surface area contributed by atoms with Crippen molar-refractivity contribution in [3.05, 3.63) is 70.2 Å². The highest BCUT2D eigenvalue weighted by molar-refractivity contribution is 6.30. The molecule has 1 saturated heterocycles. The first kappa shape index (κ1) is 18.3. The number of hydrogen-bond acceptors (Lipinski definition) is 3. The Kier molecular flexibility index (Phi) is 5.37. The maximum absolute atomic E-state index is 13.2. The highest BCUT2D eigenvalue weighted by Gasteiger charge is 2.40. The zero-order chi connectivity index (χ0) is 18.8. The van der Waals surface area contributed by atoms with Crippen molar-refractivity contribution in [2.45, 2.75) is 37.8 Å². The van der Waals surface area contributed by atoms with Gasteiger partial charge < -0.3 is 4.90 Å². The molecule has 5 heteroatoms. The molecule has 2 heterocycles. The van der Waals surface area contributed by atoms with Gasteiger partial charge in [0.25, 0.3) is 0 Å². The molecule has 0 spiro atoms. The van der Waals surface area contributed by atoms with Crippen molar-refractivity contribution in [3.63, 3.8) is 0 Å². The summed E-state index contributed by atoms with van der Waals surface area (Å²) in [5, 5.41) is 5.68. The number of likely N-dealkylation sites (tertiary alicyclic amines) is 1. The van der Waals surface area contributed by atoms with Crippen LogP contribution in [-0.4, -0.2) is 41.7 Å². The Hall–Kier alpha value is -2.04. The minimum absolute atomic E-state index is 0.0407. The topological polar surface area (TPSA) is 35.7 Å². The van der Waals surface area contributed by atoms with E-state index in [4.69, 9.17) is 16.7 Å². The molecule has 2 aliphatic rings. The van der Waals surface area contributed by atoms with Crippen molar-refractivity contribution in [3.8, 4) is 0 Å². The molecule has 0 bridgehead atoms. The SMILES string of the molecule is CN1CCC[C@@H]([N+]2=N[C@@H](Cc3ccc(Cl)cc3)c3ccccc3C2=O)CC1. The van der Waals surface area contributed by atoms with Gasteiger partial charge in [-0.15, -0.1) is 0 Å². The monoisotopic (exact) mass is 382 g/mol. The lowest BCUT2D eigenvalue weighted by molar-refractivity contribution is -0.546. The summed E-state index contributed by atoms with van der Waals surface area (Å²) in [7, 11) is 2.15. The summed E-state index contributed by atoms with van der Waals surface area (Å²) < 4.78 is 1.79. The molecule has 2 aromatic rings. The summed E-state index contributed by atoms with van der Waals surface area (Å²) in [6.07, 6.45) is 3.85. The van der Waals surface area contributed by atoms with Crippen LogP contribution in [-0.2, 0) is 6.42 Å². The predicted molar refractivity (Wildman–Crippen MR) is 106 cm³/mol. The van der Waals surface area contributed by atoms with Gasteiger partial charge in [-0.3, -0.25) is 0 Å². The number of fused-ring (bicyclic) bond motifs is 1. The molecule has 0 saturated carbocycles. The van der Waals surface area contributed by atoms with E-state index in [0.717, 1.165) is 54.9 Å². The number of azo groups is 2. The second kappa shape index (κ2) is 7.91. The van der Waals surface area contributed by atoms with Gasteiger partial charge in [-0.05, 0) is 53.6 Å². The lowest BCUT2D eigenvalue weighted by Crippen LogP contribution is -2.36. The smallest absolute Gasteiger partial charge is 0.306 e. The van der Waals surface area contributed by atoms with Crippen LogP contribution in [0.1, 0.15) is 46.8 Å². The van der Waals surface area contributed by atoms with Crippen LogP contribution in [0.15, 0.2) is 53.6 Å². The number of hydrogen-bond donors (Lipinski definition) is 0. The zero-order valence-corrected chi connectivity index (χ0v) is 16.4. The Labute approximate surface area is 165 Å². The van der Waals surface area contributed by atoms with E-state index < -0.39 is 0 Å². The molecule has 0 unspecified atom stereocenters. The molecule has 0 aromatic heterocycles. The van der Waals surface area contributed by atoms with Gasteiger partial charge in [0.05, 0.1) is 5.56 Å². The second-order valence-corrected chi connectivity index (χ2v) is 8.02. The average molecular weight is 383 g/mol. The van der Waals surface area contributed by atoms with Crippen LogP contribution in [0.5, 0.6) is 0 Å². The fourth-order valence-corrected chi connectivity index (χ4v) is 4.22. The van der Waals surface area contributed by atoms with Crippen LogP contribution < -0.4 is 0 Å². The zero-order valence-electron chi connectivity index (χ0n) is 15.6. The van der Waals surface area contributed by atoms with Crippen molar-refractivity contribution in [1.82, 2.24) is 4.90 Å². The van der Waals surface area contributed by atoms with Crippen molar-refractivity contribution in [1.29, 1.82) is 0 Å². The van der Waals surface area contributed by atoms with E-state index in [2.05, 4.69) is 11.9 Å². The van der Waals surface area contributed by atoms with E-state index in [0.29, 0.717) is 0 Å². The summed E-state index contributed by atoms with van der Waals surface area (Å²) in [5.41, 5.74) is 3.00. The lowest BCUT2D eigenvalue weighted by atomic mass is 9.93. The minimum atomic E-state index is -0.0407. The van der Waals surface area contributed by atoms with Crippen LogP contribution in [0, 0.1) is 0 Å². The van der Waals surface area contributed by atoms with Gasteiger partial charge in [0.15, 0.2) is 6.04 Å². The summed E-state index contributed by atoms with van der Waals surface area (Å²) >= 11 is 6.03. The lowest BCUT2D eigenvalue weighted by Gasteiger charge is -2.20. The van der Waals surface area contributed by atoms with Crippen molar-refractivity contribution in [2.75, 3.05) is 20.1 Å². The Morgan fingerprint density at radius 2 is 1.89 bits per heavy atom. The van der Waals surface area contributed by atoms with Gasteiger partial charge in [-0.25, -0.2) is 4.79 Å². The fraction of sp³-hybridized carbons (Fsp3) is 0.409. The van der Waals surface area contributed by atoms with Crippen molar-refractivity contribution >= 4 is 17.5 Å². The molecule has 1 amide bonds. The molecule has 27 heavy (non-hydrogen) atoms. The number of amides is 1. The molecule has 0 radical (unpaired) electrons. The van der Waals surface area contributed by atoms with Gasteiger partial charge >= 0.3 is 5.91 Å². The largest absolute Gasteiger partial charge is 0.444 e. The maximum Gasteiger partial charge on any atom is 0.444 e. The number of benzene rings is 2. The summed E-state index contributed by atoms with van der Waals surface area (Å²) in [6, 6.07) is 16.0. The molecule has 140 valence electrons. The number of rotatable bonds is 3.